The predicted octanol–water partition coefficient (Wildman–Crippen LogP) is 2.76. The van der Waals surface area contributed by atoms with Gasteiger partial charge in [0.2, 0.25) is 10.0 Å². The third-order valence-corrected chi connectivity index (χ3v) is 6.32. The number of nitrogens with zero attached hydrogens (tertiary/aromatic N) is 2. The molecule has 0 spiro atoms. The van der Waals surface area contributed by atoms with Crippen molar-refractivity contribution in [3.63, 3.8) is 0 Å². The van der Waals surface area contributed by atoms with Crippen LogP contribution in [-0.2, 0) is 10.0 Å². The summed E-state index contributed by atoms with van der Waals surface area (Å²) in [4.78, 5) is 0.185. The number of piperidine rings is 1. The van der Waals surface area contributed by atoms with Crippen molar-refractivity contribution in [2.24, 2.45) is 5.41 Å². The van der Waals surface area contributed by atoms with E-state index in [1.165, 1.54) is 16.4 Å². The molecule has 4 nitrogen and oxygen atoms in total. The third kappa shape index (κ3) is 2.94. The quantitative estimate of drug-likeness (QED) is 0.844. The van der Waals surface area contributed by atoms with Gasteiger partial charge in [0.1, 0.15) is 5.82 Å². The molecule has 1 aromatic rings. The number of aryl methyl sites for hydroxylation is 2. The minimum absolute atomic E-state index is 0.185. The van der Waals surface area contributed by atoms with Crippen LogP contribution in [0.5, 0.6) is 0 Å². The van der Waals surface area contributed by atoms with Crippen LogP contribution in [0, 0.1) is 36.4 Å². The van der Waals surface area contributed by atoms with Crippen LogP contribution in [0.4, 0.5) is 4.39 Å². The minimum atomic E-state index is -3.64. The molecule has 0 amide bonds. The van der Waals surface area contributed by atoms with Crippen LogP contribution in [0.1, 0.15) is 30.9 Å². The number of hydrogen-bond donors (Lipinski definition) is 0. The lowest BCUT2D eigenvalue weighted by Crippen LogP contribution is -2.42. The van der Waals surface area contributed by atoms with Crippen LogP contribution in [0.15, 0.2) is 17.0 Å². The molecule has 1 fully saturated rings. The molecule has 0 radical (unpaired) electrons. The molecule has 2 rings (SSSR count). The van der Waals surface area contributed by atoms with Crippen molar-refractivity contribution >= 4 is 10.0 Å². The van der Waals surface area contributed by atoms with Gasteiger partial charge in [-0.25, -0.2) is 12.8 Å². The molecule has 0 N–H and O–H groups in total. The number of halogens is 1. The zero-order valence-corrected chi connectivity index (χ0v) is 13.3. The summed E-state index contributed by atoms with van der Waals surface area (Å²) in [5.74, 6) is -0.431. The Morgan fingerprint density at radius 3 is 2.14 bits per heavy atom. The summed E-state index contributed by atoms with van der Waals surface area (Å²) in [5, 5.41) is 9.12. The number of sulfonamides is 1. The second-order valence-corrected chi connectivity index (χ2v) is 7.82. The van der Waals surface area contributed by atoms with Crippen LogP contribution in [0.25, 0.3) is 0 Å². The fraction of sp³-hybridized carbons (Fsp3) is 0.533. The van der Waals surface area contributed by atoms with Crippen molar-refractivity contribution in [3.05, 3.63) is 29.1 Å². The average molecular weight is 310 g/mol. The molecule has 0 bridgehead atoms. The predicted molar refractivity (Wildman–Crippen MR) is 77.6 cm³/mol. The normalized spacial score (nSPS) is 19.2. The van der Waals surface area contributed by atoms with E-state index < -0.39 is 21.3 Å². The topological polar surface area (TPSA) is 61.2 Å². The van der Waals surface area contributed by atoms with Gasteiger partial charge in [0.25, 0.3) is 0 Å². The van der Waals surface area contributed by atoms with Crippen molar-refractivity contribution in [1.82, 2.24) is 4.31 Å². The summed E-state index contributed by atoms with van der Waals surface area (Å²) in [6.07, 6.45) is 1.03. The number of nitriles is 1. The van der Waals surface area contributed by atoms with Gasteiger partial charge in [0.15, 0.2) is 0 Å². The monoisotopic (exact) mass is 310 g/mol. The molecule has 0 unspecified atom stereocenters. The van der Waals surface area contributed by atoms with Crippen molar-refractivity contribution in [2.75, 3.05) is 13.1 Å². The first-order valence-corrected chi connectivity index (χ1v) is 8.32. The van der Waals surface area contributed by atoms with E-state index in [4.69, 9.17) is 5.26 Å². The highest BCUT2D eigenvalue weighted by molar-refractivity contribution is 7.89. The zero-order chi connectivity index (χ0) is 15.8. The largest absolute Gasteiger partial charge is 0.243 e. The van der Waals surface area contributed by atoms with E-state index in [9.17, 15) is 12.8 Å². The van der Waals surface area contributed by atoms with Gasteiger partial charge in [0, 0.05) is 13.1 Å². The second-order valence-electron chi connectivity index (χ2n) is 5.95. The summed E-state index contributed by atoms with van der Waals surface area (Å²) in [6.45, 7) is 5.70. The van der Waals surface area contributed by atoms with E-state index in [2.05, 4.69) is 6.07 Å². The van der Waals surface area contributed by atoms with Gasteiger partial charge in [-0.3, -0.25) is 0 Å². The van der Waals surface area contributed by atoms with Crippen LogP contribution in [0.3, 0.4) is 0 Å². The Hall–Kier alpha value is -1.45. The first-order valence-electron chi connectivity index (χ1n) is 6.88. The molecule has 1 aromatic carbocycles. The molecule has 1 aliphatic rings. The summed E-state index contributed by atoms with van der Waals surface area (Å²) in [5.41, 5.74) is 0.376. The Morgan fingerprint density at radius 1 is 1.24 bits per heavy atom. The van der Waals surface area contributed by atoms with Gasteiger partial charge in [-0.1, -0.05) is 0 Å². The van der Waals surface area contributed by atoms with E-state index >= 15 is 0 Å². The summed E-state index contributed by atoms with van der Waals surface area (Å²) in [7, 11) is -3.64. The van der Waals surface area contributed by atoms with E-state index in [1.54, 1.807) is 13.8 Å². The van der Waals surface area contributed by atoms with E-state index in [-0.39, 0.29) is 4.90 Å². The van der Waals surface area contributed by atoms with Crippen molar-refractivity contribution in [1.29, 1.82) is 5.26 Å². The van der Waals surface area contributed by atoms with E-state index in [1.807, 2.05) is 6.92 Å². The number of hydrogen-bond acceptors (Lipinski definition) is 3. The Bertz CT molecular complexity index is 676. The Balaban J connectivity index is 2.35. The molecule has 21 heavy (non-hydrogen) atoms. The maximum atomic E-state index is 13.3. The lowest BCUT2D eigenvalue weighted by atomic mass is 9.83. The lowest BCUT2D eigenvalue weighted by Gasteiger charge is -2.34. The zero-order valence-electron chi connectivity index (χ0n) is 12.5. The molecular weight excluding hydrogens is 291 g/mol. The summed E-state index contributed by atoms with van der Waals surface area (Å²) >= 11 is 0. The summed E-state index contributed by atoms with van der Waals surface area (Å²) < 4.78 is 40.3. The lowest BCUT2D eigenvalue weighted by molar-refractivity contribution is 0.232. The Labute approximate surface area is 125 Å². The minimum Gasteiger partial charge on any atom is -0.207 e. The van der Waals surface area contributed by atoms with Crippen LogP contribution >= 0.6 is 0 Å². The maximum absolute atomic E-state index is 13.3. The van der Waals surface area contributed by atoms with Crippen LogP contribution < -0.4 is 0 Å². The molecule has 6 heteroatoms. The number of rotatable bonds is 2. The molecular formula is C15H19FN2O2S. The van der Waals surface area contributed by atoms with E-state index in [0.717, 1.165) is 0 Å². The molecule has 0 aromatic heterocycles. The highest BCUT2D eigenvalue weighted by Gasteiger charge is 2.36. The van der Waals surface area contributed by atoms with Crippen LogP contribution in [0.2, 0.25) is 0 Å². The molecule has 114 valence electrons. The van der Waals surface area contributed by atoms with Crippen molar-refractivity contribution in [3.8, 4) is 6.07 Å². The van der Waals surface area contributed by atoms with Gasteiger partial charge in [-0.05, 0) is 56.9 Å². The van der Waals surface area contributed by atoms with Gasteiger partial charge in [-0.15, -0.1) is 0 Å². The third-order valence-electron chi connectivity index (χ3n) is 4.12. The first kappa shape index (κ1) is 15.9. The summed E-state index contributed by atoms with van der Waals surface area (Å²) in [6, 6.07) is 4.73. The molecule has 0 aliphatic carbocycles. The van der Waals surface area contributed by atoms with Gasteiger partial charge >= 0.3 is 0 Å². The highest BCUT2D eigenvalue weighted by atomic mass is 32.2. The van der Waals surface area contributed by atoms with E-state index in [0.29, 0.717) is 37.1 Å². The fourth-order valence-corrected chi connectivity index (χ4v) is 4.62. The smallest absolute Gasteiger partial charge is 0.207 e. The fourth-order valence-electron chi connectivity index (χ4n) is 2.77. The van der Waals surface area contributed by atoms with Crippen molar-refractivity contribution < 1.29 is 12.8 Å². The molecule has 1 aliphatic heterocycles. The van der Waals surface area contributed by atoms with Gasteiger partial charge < -0.3 is 0 Å². The SMILES string of the molecule is Cc1cc(F)cc(C)c1S(=O)(=O)N1CCC(C)(C#N)CC1. The molecule has 0 atom stereocenters. The first-order chi connectivity index (χ1) is 9.69. The maximum Gasteiger partial charge on any atom is 0.243 e. The van der Waals surface area contributed by atoms with Gasteiger partial charge in [0.05, 0.1) is 16.4 Å². The van der Waals surface area contributed by atoms with Gasteiger partial charge in [-0.2, -0.15) is 9.57 Å². The Morgan fingerprint density at radius 2 is 1.71 bits per heavy atom. The number of benzene rings is 1. The molecule has 1 saturated heterocycles. The van der Waals surface area contributed by atoms with Crippen molar-refractivity contribution in [2.45, 2.75) is 38.5 Å². The molecule has 1 heterocycles. The second kappa shape index (κ2) is 5.39. The average Bonchev–Trinajstić information content (AvgIpc) is 2.37. The van der Waals surface area contributed by atoms with Crippen LogP contribution in [-0.4, -0.2) is 25.8 Å². The Kier molecular flexibility index (Phi) is 4.09. The standard InChI is InChI=1S/C15H19FN2O2S/c1-11-8-13(16)9-12(2)14(11)21(19,20)18-6-4-15(3,10-17)5-7-18/h8-9H,4-7H2,1-3H3. The highest BCUT2D eigenvalue weighted by Crippen LogP contribution is 2.33. The molecule has 0 saturated carbocycles.